The van der Waals surface area contributed by atoms with Gasteiger partial charge in [-0.3, -0.25) is 14.2 Å². The van der Waals surface area contributed by atoms with Crippen LogP contribution in [0, 0.1) is 11.6 Å². The number of primary amides is 1. The lowest BCUT2D eigenvalue weighted by Crippen LogP contribution is -2.50. The number of morpholine rings is 1. The van der Waals surface area contributed by atoms with Crippen molar-refractivity contribution in [3.63, 3.8) is 0 Å². The Bertz CT molecular complexity index is 1640. The molecule has 3 aromatic rings. The van der Waals surface area contributed by atoms with Crippen LogP contribution in [0.25, 0.3) is 16.9 Å². The van der Waals surface area contributed by atoms with Crippen molar-refractivity contribution in [2.75, 3.05) is 49.6 Å². The van der Waals surface area contributed by atoms with Crippen LogP contribution < -0.4 is 21.1 Å². The van der Waals surface area contributed by atoms with Gasteiger partial charge in [-0.05, 0) is 33.9 Å². The van der Waals surface area contributed by atoms with Crippen molar-refractivity contribution in [1.82, 2.24) is 19.4 Å². The van der Waals surface area contributed by atoms with Gasteiger partial charge < -0.3 is 25.2 Å². The monoisotopic (exact) mass is 621 g/mol. The van der Waals surface area contributed by atoms with Gasteiger partial charge in [0.15, 0.2) is 5.82 Å². The average Bonchev–Trinajstić information content (AvgIpc) is 2.93. The average molecular weight is 622 g/mol. The molecule has 2 aliphatic heterocycles. The number of piperazine rings is 1. The molecular formula is C29H32F5N7O3. The second-order valence-corrected chi connectivity index (χ2v) is 11.3. The summed E-state index contributed by atoms with van der Waals surface area (Å²) in [6.45, 7) is 7.61. The van der Waals surface area contributed by atoms with E-state index in [1.54, 1.807) is 4.90 Å². The number of carbonyl (C=O) groups is 1. The highest BCUT2D eigenvalue weighted by Gasteiger charge is 2.37. The van der Waals surface area contributed by atoms with Gasteiger partial charge in [0.1, 0.15) is 11.5 Å². The Hall–Kier alpha value is -4.11. The molecule has 236 valence electrons. The summed E-state index contributed by atoms with van der Waals surface area (Å²) < 4.78 is 80.2. The molecule has 2 aromatic heterocycles. The lowest BCUT2D eigenvalue weighted by molar-refractivity contribution is -0.138. The number of alkyl halides is 3. The number of nitrogens with zero attached hydrogens (tertiary/aromatic N) is 6. The molecule has 2 fully saturated rings. The fraction of sp³-hybridized carbons (Fsp3) is 0.448. The third-order valence-electron chi connectivity index (χ3n) is 7.94. The van der Waals surface area contributed by atoms with Crippen LogP contribution in [-0.4, -0.2) is 83.4 Å². The smallest absolute Gasteiger partial charge is 0.372 e. The van der Waals surface area contributed by atoms with E-state index in [1.165, 1.54) is 12.3 Å². The van der Waals surface area contributed by atoms with E-state index in [9.17, 15) is 22.8 Å². The second kappa shape index (κ2) is 11.8. The van der Waals surface area contributed by atoms with Crippen molar-refractivity contribution in [3.8, 4) is 16.9 Å². The van der Waals surface area contributed by atoms with E-state index < -0.39 is 51.7 Å². The topological polar surface area (TPSA) is 110 Å². The molecule has 4 heterocycles. The quantitative estimate of drug-likeness (QED) is 0.432. The molecule has 0 radical (unpaired) electrons. The molecule has 1 unspecified atom stereocenters. The molecule has 1 aromatic carbocycles. The minimum atomic E-state index is -5.09. The van der Waals surface area contributed by atoms with Crippen molar-refractivity contribution in [3.05, 3.63) is 63.7 Å². The molecular weight excluding hydrogens is 589 g/mol. The SMILES string of the molecule is CC1CN(c2cc(F)c(-c3ccnc(N4C[C@@H](C)O[C@@H](C)C4)n3)c(F)c2-n2cc(C(N)=O)c(C(F)(F)F)cc2=O)CCN1C. The number of benzene rings is 1. The summed E-state index contributed by atoms with van der Waals surface area (Å²) in [6, 6.07) is 2.45. The minimum absolute atomic E-state index is 0.0596. The summed E-state index contributed by atoms with van der Waals surface area (Å²) in [7, 11) is 1.88. The molecule has 0 bridgehead atoms. The standard InChI is InChI=1S/C29H32F5N7O3/c1-15-11-39(8-7-38(15)4)22-10-20(30)24(21-5-6-36-28(37-21)40-12-16(2)44-17(3)13-40)25(31)26(22)41-14-18(27(35)43)19(9-23(41)42)29(32,33)34/h5-6,9-10,14-17H,7-8,11-13H2,1-4H3,(H2,35,43)/t15?,16-,17+. The Kier molecular flexibility index (Phi) is 8.37. The fourth-order valence-corrected chi connectivity index (χ4v) is 5.69. The Labute approximate surface area is 249 Å². The predicted octanol–water partition coefficient (Wildman–Crippen LogP) is 3.44. The Morgan fingerprint density at radius 1 is 1.05 bits per heavy atom. The summed E-state index contributed by atoms with van der Waals surface area (Å²) in [5, 5.41) is 0. The van der Waals surface area contributed by atoms with Crippen LogP contribution in [0.3, 0.4) is 0 Å². The summed E-state index contributed by atoms with van der Waals surface area (Å²) in [4.78, 5) is 39.5. The summed E-state index contributed by atoms with van der Waals surface area (Å²) in [5.74, 6) is -3.53. The molecule has 44 heavy (non-hydrogen) atoms. The van der Waals surface area contributed by atoms with Gasteiger partial charge in [0.2, 0.25) is 5.95 Å². The van der Waals surface area contributed by atoms with E-state index >= 15 is 8.78 Å². The van der Waals surface area contributed by atoms with Crippen molar-refractivity contribution in [1.29, 1.82) is 0 Å². The number of pyridine rings is 1. The molecule has 15 heteroatoms. The number of ether oxygens (including phenoxy) is 1. The maximum Gasteiger partial charge on any atom is 0.417 e. The molecule has 3 atom stereocenters. The number of hydrogen-bond acceptors (Lipinski definition) is 8. The van der Waals surface area contributed by atoms with Crippen LogP contribution >= 0.6 is 0 Å². The first-order chi connectivity index (χ1) is 20.6. The van der Waals surface area contributed by atoms with Crippen LogP contribution in [0.1, 0.15) is 36.7 Å². The summed E-state index contributed by atoms with van der Waals surface area (Å²) in [5.41, 5.74) is -0.00375. The van der Waals surface area contributed by atoms with Gasteiger partial charge in [0, 0.05) is 63.3 Å². The van der Waals surface area contributed by atoms with Crippen molar-refractivity contribution in [2.45, 2.75) is 45.2 Å². The third kappa shape index (κ3) is 5.98. The molecule has 5 rings (SSSR count). The molecule has 10 nitrogen and oxygen atoms in total. The molecule has 1 amide bonds. The molecule has 0 saturated carbocycles. The van der Waals surface area contributed by atoms with E-state index in [0.29, 0.717) is 43.5 Å². The maximum atomic E-state index is 16.8. The number of anilines is 2. The van der Waals surface area contributed by atoms with Gasteiger partial charge in [-0.15, -0.1) is 0 Å². The summed E-state index contributed by atoms with van der Waals surface area (Å²) in [6.07, 6.45) is -3.49. The first-order valence-corrected chi connectivity index (χ1v) is 14.0. The van der Waals surface area contributed by atoms with E-state index in [4.69, 9.17) is 10.5 Å². The zero-order valence-corrected chi connectivity index (χ0v) is 24.5. The largest absolute Gasteiger partial charge is 0.417 e. The number of rotatable bonds is 5. The van der Waals surface area contributed by atoms with E-state index in [1.807, 2.05) is 37.6 Å². The Morgan fingerprint density at radius 3 is 2.34 bits per heavy atom. The number of likely N-dealkylation sites (N-methyl/N-ethyl adjacent to an activating group) is 1. The van der Waals surface area contributed by atoms with Crippen molar-refractivity contribution >= 4 is 17.5 Å². The summed E-state index contributed by atoms with van der Waals surface area (Å²) >= 11 is 0. The highest BCUT2D eigenvalue weighted by molar-refractivity contribution is 5.94. The predicted molar refractivity (Wildman–Crippen MR) is 153 cm³/mol. The lowest BCUT2D eigenvalue weighted by Gasteiger charge is -2.40. The first-order valence-electron chi connectivity index (χ1n) is 14.0. The fourth-order valence-electron chi connectivity index (χ4n) is 5.69. The maximum absolute atomic E-state index is 16.8. The van der Waals surface area contributed by atoms with Gasteiger partial charge in [0.05, 0.1) is 40.3 Å². The van der Waals surface area contributed by atoms with Crippen LogP contribution in [0.5, 0.6) is 0 Å². The second-order valence-electron chi connectivity index (χ2n) is 11.3. The van der Waals surface area contributed by atoms with E-state index in [2.05, 4.69) is 9.97 Å². The number of carbonyl (C=O) groups excluding carboxylic acids is 1. The van der Waals surface area contributed by atoms with Crippen LogP contribution in [0.15, 0.2) is 35.4 Å². The van der Waals surface area contributed by atoms with Crippen molar-refractivity contribution in [2.24, 2.45) is 5.73 Å². The van der Waals surface area contributed by atoms with Crippen LogP contribution in [0.4, 0.5) is 33.6 Å². The van der Waals surface area contributed by atoms with Crippen molar-refractivity contribution < 1.29 is 31.5 Å². The van der Waals surface area contributed by atoms with Gasteiger partial charge in [0.25, 0.3) is 11.5 Å². The van der Waals surface area contributed by atoms with E-state index in [0.717, 1.165) is 6.07 Å². The van der Waals surface area contributed by atoms with Gasteiger partial charge >= 0.3 is 6.18 Å². The number of nitrogens with two attached hydrogens (primary N) is 1. The molecule has 2 saturated heterocycles. The van der Waals surface area contributed by atoms with E-state index in [-0.39, 0.29) is 41.6 Å². The first kappa shape index (κ1) is 31.3. The molecule has 2 aliphatic rings. The third-order valence-corrected chi connectivity index (χ3v) is 7.94. The van der Waals surface area contributed by atoms with Gasteiger partial charge in [-0.25, -0.2) is 18.7 Å². The lowest BCUT2D eigenvalue weighted by atomic mass is 10.0. The zero-order chi connectivity index (χ0) is 32.1. The molecule has 0 spiro atoms. The van der Waals surface area contributed by atoms with Gasteiger partial charge in [-0.1, -0.05) is 0 Å². The Balaban J connectivity index is 1.74. The van der Waals surface area contributed by atoms with Crippen LogP contribution in [0.2, 0.25) is 0 Å². The highest BCUT2D eigenvalue weighted by Crippen LogP contribution is 2.38. The number of halogens is 5. The van der Waals surface area contributed by atoms with Crippen LogP contribution in [-0.2, 0) is 10.9 Å². The Morgan fingerprint density at radius 2 is 1.73 bits per heavy atom. The number of amides is 1. The minimum Gasteiger partial charge on any atom is -0.372 e. The van der Waals surface area contributed by atoms with Gasteiger partial charge in [-0.2, -0.15) is 13.2 Å². The molecule has 0 aliphatic carbocycles. The zero-order valence-electron chi connectivity index (χ0n) is 24.5. The molecule has 2 N–H and O–H groups in total. The number of hydrogen-bond donors (Lipinski definition) is 1. The number of aromatic nitrogens is 3. The highest BCUT2D eigenvalue weighted by atomic mass is 19.4. The normalized spacial score (nSPS) is 21.5.